The maximum absolute atomic E-state index is 14.2. The highest BCUT2D eigenvalue weighted by Crippen LogP contribution is 2.55. The summed E-state index contributed by atoms with van der Waals surface area (Å²) in [6.07, 6.45) is 4.24. The van der Waals surface area contributed by atoms with Crippen LogP contribution >= 0.6 is 0 Å². The molecule has 0 radical (unpaired) electrons. The molecule has 0 aromatic heterocycles. The van der Waals surface area contributed by atoms with E-state index >= 15 is 0 Å². The Morgan fingerprint density at radius 2 is 1.66 bits per heavy atom. The second-order valence-corrected chi connectivity index (χ2v) is 14.4. The van der Waals surface area contributed by atoms with E-state index in [1.807, 2.05) is 0 Å². The Kier molecular flexibility index (Phi) is 13.8. The number of rotatable bonds is 6. The fourth-order valence-corrected chi connectivity index (χ4v) is 7.06. The van der Waals surface area contributed by atoms with E-state index in [4.69, 9.17) is 28.9 Å². The quantitative estimate of drug-likeness (QED) is 0.0545. The van der Waals surface area contributed by atoms with Crippen LogP contribution < -0.4 is 10.1 Å². The highest BCUT2D eigenvalue weighted by atomic mass is 16.7. The molecule has 0 unspecified atom stereocenters. The molecule has 2 aromatic carbocycles. The predicted molar refractivity (Wildman–Crippen MR) is 204 cm³/mol. The van der Waals surface area contributed by atoms with Crippen LogP contribution in [0, 0.1) is 30.6 Å². The number of benzene rings is 2. The number of anilines is 1. The molecular formula is C40H52N2O14. The molecule has 3 aliphatic heterocycles. The van der Waals surface area contributed by atoms with Gasteiger partial charge in [0, 0.05) is 61.2 Å². The number of methoxy groups -OCH3 is 1. The second-order valence-electron chi connectivity index (χ2n) is 14.4. The summed E-state index contributed by atoms with van der Waals surface area (Å²) in [7, 11) is 1.41. The van der Waals surface area contributed by atoms with Crippen molar-refractivity contribution in [3.63, 3.8) is 0 Å². The number of nitrogens with one attached hydrogen (secondary N) is 1. The van der Waals surface area contributed by atoms with E-state index in [0.29, 0.717) is 0 Å². The van der Waals surface area contributed by atoms with Crippen molar-refractivity contribution in [2.24, 2.45) is 28.8 Å². The number of phenolic OH excluding ortho intramolecular Hbond substituents is 3. The minimum Gasteiger partial charge on any atom is -0.507 e. The number of carbonyl (C=O) groups excluding carboxylic acids is 3. The Morgan fingerprint density at radius 1 is 0.982 bits per heavy atom. The average molecular weight is 785 g/mol. The monoisotopic (exact) mass is 784 g/mol. The third kappa shape index (κ3) is 8.48. The van der Waals surface area contributed by atoms with Gasteiger partial charge >= 0.3 is 11.8 Å². The lowest BCUT2D eigenvalue weighted by Gasteiger charge is -2.38. The van der Waals surface area contributed by atoms with Crippen LogP contribution in [0.15, 0.2) is 41.3 Å². The number of ketones is 1. The van der Waals surface area contributed by atoms with Crippen LogP contribution in [0.4, 0.5) is 5.69 Å². The molecule has 306 valence electrons. The Labute approximate surface area is 324 Å². The molecule has 2 aromatic rings. The average Bonchev–Trinajstić information content (AvgIpc) is 3.42. The van der Waals surface area contributed by atoms with E-state index in [1.165, 1.54) is 53.0 Å². The van der Waals surface area contributed by atoms with Gasteiger partial charge < -0.3 is 59.7 Å². The van der Waals surface area contributed by atoms with Gasteiger partial charge in [0.25, 0.3) is 11.7 Å². The van der Waals surface area contributed by atoms with E-state index in [2.05, 4.69) is 10.5 Å². The Morgan fingerprint density at radius 3 is 2.29 bits per heavy atom. The fourth-order valence-electron chi connectivity index (χ4n) is 7.06. The number of oxime groups is 1. The molecule has 16 heteroatoms. The lowest BCUT2D eigenvalue weighted by Crippen LogP contribution is -2.46. The van der Waals surface area contributed by atoms with E-state index < -0.39 is 101 Å². The zero-order valence-corrected chi connectivity index (χ0v) is 32.9. The molecule has 3 heterocycles. The predicted octanol–water partition coefficient (Wildman–Crippen LogP) is 4.10. The van der Waals surface area contributed by atoms with Crippen molar-refractivity contribution in [3.8, 4) is 23.0 Å². The molecule has 16 nitrogen and oxygen atoms in total. The number of hydrogen-bond acceptors (Lipinski definition) is 15. The highest BCUT2D eigenvalue weighted by molar-refractivity contribution is 6.23. The highest BCUT2D eigenvalue weighted by Gasteiger charge is 2.50. The van der Waals surface area contributed by atoms with Crippen molar-refractivity contribution in [1.29, 1.82) is 0 Å². The molecular weight excluding hydrogens is 732 g/mol. The number of esters is 1. The van der Waals surface area contributed by atoms with Crippen LogP contribution in [-0.4, -0.2) is 105 Å². The van der Waals surface area contributed by atoms with Crippen LogP contribution in [0.1, 0.15) is 70.0 Å². The lowest BCUT2D eigenvalue weighted by atomic mass is 9.78. The SMILES string of the molecule is CO[C@H]1/C=C/O[C@@]2(C)Oc3c(C)c(O)c4c(O)c(c(/C=N/OCCO)c(O)c4c3C2=O)NC(=O)/C(C)=C\C=C\[C@@H](C)[C@H](O)[C@@H](C)[C@@H](O)[C@@H](C)[C@H](OC(C)=O)[C@@H]1C. The van der Waals surface area contributed by atoms with Gasteiger partial charge in [0.15, 0.2) is 5.75 Å². The number of aromatic hydroxyl groups is 3. The summed E-state index contributed by atoms with van der Waals surface area (Å²) in [5.41, 5.74) is -0.836. The summed E-state index contributed by atoms with van der Waals surface area (Å²) >= 11 is 0. The fraction of sp³-hybridized carbons (Fsp3) is 0.500. The second kappa shape index (κ2) is 17.7. The van der Waals surface area contributed by atoms with Crippen LogP contribution in [0.5, 0.6) is 23.0 Å². The molecule has 0 aliphatic carbocycles. The number of fused-ring (bicyclic) bond motifs is 14. The number of allylic oxidation sites excluding steroid dienone is 2. The van der Waals surface area contributed by atoms with E-state index in [9.17, 15) is 39.9 Å². The Hall–Kier alpha value is -5.16. The molecule has 56 heavy (non-hydrogen) atoms. The van der Waals surface area contributed by atoms with Gasteiger partial charge in [-0.25, -0.2) is 0 Å². The standard InChI is InChI=1S/C40H52N2O14/c1-18-11-10-12-19(2)39(51)42-30-25(17-41-54-16-14-43)34(48)27-28(35(30)49)33(47)23(6)37-29(27)38(50)40(8,56-37)53-15-13-26(52-9)20(3)36(55-24(7)44)22(5)32(46)21(4)31(18)45/h10-13,15,17-18,20-22,26,31-32,36,43,45-49H,14,16H2,1-9H3,(H,42,51)/b11-10+,15-13+,19-12-,41-17+/t18-,20-,21-,22-,26+,31+,32-,36-,40+/m1/s1. The molecule has 0 spiro atoms. The number of aliphatic hydroxyl groups excluding tert-OH is 3. The number of hydrogen-bond donors (Lipinski definition) is 7. The third-order valence-electron chi connectivity index (χ3n) is 10.5. The summed E-state index contributed by atoms with van der Waals surface area (Å²) in [6, 6.07) is 0. The largest absolute Gasteiger partial charge is 0.507 e. The smallest absolute Gasteiger partial charge is 0.312 e. The molecule has 0 fully saturated rings. The number of Topliss-reactive ketones (excluding diaryl/α,β-unsaturated/α-hetero) is 1. The number of amides is 1. The lowest BCUT2D eigenvalue weighted by molar-refractivity contribution is -0.160. The topological polar surface area (TPSA) is 243 Å². The maximum Gasteiger partial charge on any atom is 0.312 e. The van der Waals surface area contributed by atoms with E-state index in [0.717, 1.165) is 12.5 Å². The van der Waals surface area contributed by atoms with Gasteiger partial charge in [0.05, 0.1) is 59.6 Å². The van der Waals surface area contributed by atoms with E-state index in [1.54, 1.807) is 33.8 Å². The van der Waals surface area contributed by atoms with Gasteiger partial charge in [-0.2, -0.15) is 0 Å². The summed E-state index contributed by atoms with van der Waals surface area (Å²) in [5, 5.41) is 72.3. The van der Waals surface area contributed by atoms with Gasteiger partial charge in [-0.05, 0) is 19.9 Å². The number of aliphatic hydroxyl groups is 3. The zero-order valence-electron chi connectivity index (χ0n) is 32.9. The first-order chi connectivity index (χ1) is 26.3. The Balaban J connectivity index is 1.97. The summed E-state index contributed by atoms with van der Waals surface area (Å²) < 4.78 is 23.4. The minimum absolute atomic E-state index is 0.00857. The van der Waals surface area contributed by atoms with Crippen LogP contribution in [0.25, 0.3) is 10.8 Å². The van der Waals surface area contributed by atoms with Crippen LogP contribution in [0.3, 0.4) is 0 Å². The van der Waals surface area contributed by atoms with Gasteiger partial charge in [-0.15, -0.1) is 0 Å². The molecule has 5 bridgehead atoms. The number of phenols is 3. The van der Waals surface area contributed by atoms with Crippen molar-refractivity contribution in [1.82, 2.24) is 0 Å². The molecule has 5 rings (SSSR count). The van der Waals surface area contributed by atoms with Gasteiger partial charge in [0.1, 0.15) is 30.0 Å². The van der Waals surface area contributed by atoms with Crippen molar-refractivity contribution < 1.29 is 68.8 Å². The number of nitrogens with zero attached hydrogens (tertiary/aromatic N) is 1. The molecule has 0 saturated heterocycles. The molecule has 9 atom stereocenters. The summed E-state index contributed by atoms with van der Waals surface area (Å²) in [6.45, 7) is 11.7. The van der Waals surface area contributed by atoms with Gasteiger partial charge in [-0.3, -0.25) is 14.4 Å². The molecule has 3 aliphatic rings. The van der Waals surface area contributed by atoms with Crippen molar-refractivity contribution in [2.75, 3.05) is 25.6 Å². The van der Waals surface area contributed by atoms with Crippen LogP contribution in [0.2, 0.25) is 0 Å². The third-order valence-corrected chi connectivity index (χ3v) is 10.5. The first kappa shape index (κ1) is 43.6. The number of carbonyl (C=O) groups is 3. The van der Waals surface area contributed by atoms with E-state index in [-0.39, 0.29) is 45.4 Å². The normalized spacial score (nSPS) is 31.0. The maximum atomic E-state index is 14.2. The van der Waals surface area contributed by atoms with Gasteiger partial charge in [-0.1, -0.05) is 51.1 Å². The van der Waals surface area contributed by atoms with Crippen molar-refractivity contribution in [3.05, 3.63) is 52.8 Å². The molecule has 7 N–H and O–H groups in total. The first-order valence-corrected chi connectivity index (χ1v) is 18.2. The molecule has 0 saturated carbocycles. The van der Waals surface area contributed by atoms with Crippen molar-refractivity contribution >= 4 is 40.3 Å². The zero-order chi connectivity index (χ0) is 41.8. The minimum atomic E-state index is -2.08. The summed E-state index contributed by atoms with van der Waals surface area (Å²) in [4.78, 5) is 45.0. The van der Waals surface area contributed by atoms with Crippen LogP contribution in [-0.2, 0) is 28.6 Å². The van der Waals surface area contributed by atoms with Gasteiger partial charge in [0.2, 0.25) is 0 Å². The number of ether oxygens (including phenoxy) is 4. The van der Waals surface area contributed by atoms with Crippen molar-refractivity contribution in [2.45, 2.75) is 85.6 Å². The molecule has 1 amide bonds. The summed E-state index contributed by atoms with van der Waals surface area (Å²) in [5.74, 6) is -8.94. The Bertz CT molecular complexity index is 1950. The first-order valence-electron chi connectivity index (χ1n) is 18.2.